The first-order valence-electron chi connectivity index (χ1n) is 7.15. The van der Waals surface area contributed by atoms with Crippen molar-refractivity contribution < 1.29 is 0 Å². The number of thioether (sulfide) groups is 1. The molecule has 1 fully saturated rings. The quantitative estimate of drug-likeness (QED) is 0.937. The van der Waals surface area contributed by atoms with E-state index >= 15 is 0 Å². The Labute approximate surface area is 123 Å². The first-order valence-corrected chi connectivity index (χ1v) is 8.19. The van der Waals surface area contributed by atoms with Crippen LogP contribution in [0.5, 0.6) is 0 Å². The van der Waals surface area contributed by atoms with E-state index in [4.69, 9.17) is 5.73 Å². The fourth-order valence-corrected chi connectivity index (χ4v) is 4.23. The summed E-state index contributed by atoms with van der Waals surface area (Å²) in [7, 11) is 0. The molecule has 1 aliphatic carbocycles. The van der Waals surface area contributed by atoms with E-state index in [1.807, 2.05) is 30.9 Å². The van der Waals surface area contributed by atoms with Gasteiger partial charge in [0, 0.05) is 23.1 Å². The summed E-state index contributed by atoms with van der Waals surface area (Å²) in [5.74, 6) is 1.73. The van der Waals surface area contributed by atoms with Gasteiger partial charge < -0.3 is 10.3 Å². The number of anilines is 1. The highest BCUT2D eigenvalue weighted by atomic mass is 32.2. The first-order chi connectivity index (χ1) is 9.79. The van der Waals surface area contributed by atoms with Gasteiger partial charge in [-0.05, 0) is 30.7 Å². The molecule has 0 saturated heterocycles. The number of rotatable bonds is 4. The Hall–Kier alpha value is -1.49. The molecule has 3 rings (SSSR count). The molecule has 4 nitrogen and oxygen atoms in total. The second-order valence-electron chi connectivity index (χ2n) is 5.15. The van der Waals surface area contributed by atoms with E-state index < -0.39 is 0 Å². The number of nitrogens with zero attached hydrogens (tertiary/aromatic N) is 3. The van der Waals surface area contributed by atoms with Crippen molar-refractivity contribution in [1.82, 2.24) is 14.5 Å². The molecule has 2 aromatic rings. The number of aromatic nitrogens is 3. The van der Waals surface area contributed by atoms with Crippen LogP contribution >= 0.6 is 11.8 Å². The highest BCUT2D eigenvalue weighted by Crippen LogP contribution is 2.40. The van der Waals surface area contributed by atoms with Gasteiger partial charge in [0.15, 0.2) is 0 Å². The van der Waals surface area contributed by atoms with Gasteiger partial charge in [-0.15, -0.1) is 0 Å². The normalized spacial score (nSPS) is 22.2. The van der Waals surface area contributed by atoms with Gasteiger partial charge in [0.2, 0.25) is 0 Å². The molecule has 106 valence electrons. The molecule has 0 radical (unpaired) electrons. The van der Waals surface area contributed by atoms with E-state index in [-0.39, 0.29) is 0 Å². The van der Waals surface area contributed by atoms with E-state index in [1.165, 1.54) is 25.0 Å². The smallest absolute Gasteiger partial charge is 0.123 e. The third-order valence-corrected chi connectivity index (χ3v) is 5.22. The van der Waals surface area contributed by atoms with Crippen LogP contribution in [0.15, 0.2) is 30.9 Å². The lowest BCUT2D eigenvalue weighted by Gasteiger charge is -2.22. The lowest BCUT2D eigenvalue weighted by molar-refractivity contribution is 0.532. The van der Waals surface area contributed by atoms with E-state index in [9.17, 15) is 0 Å². The predicted molar refractivity (Wildman–Crippen MR) is 84.7 cm³/mol. The number of nitrogens with two attached hydrogens (primary N) is 1. The predicted octanol–water partition coefficient (Wildman–Crippen LogP) is 3.37. The molecule has 0 spiro atoms. The molecule has 0 amide bonds. The highest BCUT2D eigenvalue weighted by Gasteiger charge is 2.29. The van der Waals surface area contributed by atoms with Crippen LogP contribution in [0.1, 0.15) is 32.2 Å². The van der Waals surface area contributed by atoms with Crippen LogP contribution in [-0.2, 0) is 0 Å². The first kappa shape index (κ1) is 13.5. The maximum atomic E-state index is 5.66. The summed E-state index contributed by atoms with van der Waals surface area (Å²) in [6.45, 7) is 2.23. The van der Waals surface area contributed by atoms with Gasteiger partial charge in [0.25, 0.3) is 0 Å². The third-order valence-electron chi connectivity index (χ3n) is 3.90. The Bertz CT molecular complexity index is 564. The summed E-state index contributed by atoms with van der Waals surface area (Å²) in [5.41, 5.74) is 7.90. The van der Waals surface area contributed by atoms with Crippen LogP contribution in [-0.4, -0.2) is 25.5 Å². The number of pyridine rings is 1. The fourth-order valence-electron chi connectivity index (χ4n) is 2.98. The number of hydrogen-bond donors (Lipinski definition) is 1. The summed E-state index contributed by atoms with van der Waals surface area (Å²) in [6, 6.07) is 4.42. The average Bonchev–Trinajstić information content (AvgIpc) is 3.08. The van der Waals surface area contributed by atoms with Gasteiger partial charge in [-0.25, -0.2) is 9.97 Å². The molecule has 0 aromatic carbocycles. The Kier molecular flexibility index (Phi) is 3.96. The largest absolute Gasteiger partial charge is 0.384 e. The molecule has 2 unspecified atom stereocenters. The lowest BCUT2D eigenvalue weighted by Crippen LogP contribution is -2.16. The van der Waals surface area contributed by atoms with Gasteiger partial charge in [-0.3, -0.25) is 0 Å². The van der Waals surface area contributed by atoms with Crippen molar-refractivity contribution in [1.29, 1.82) is 0 Å². The summed E-state index contributed by atoms with van der Waals surface area (Å²) in [6.07, 6.45) is 9.58. The third kappa shape index (κ3) is 2.54. The summed E-state index contributed by atoms with van der Waals surface area (Å²) < 4.78 is 2.33. The van der Waals surface area contributed by atoms with E-state index in [2.05, 4.69) is 33.2 Å². The van der Waals surface area contributed by atoms with Crippen LogP contribution in [0.3, 0.4) is 0 Å². The van der Waals surface area contributed by atoms with Crippen LogP contribution < -0.4 is 5.73 Å². The Morgan fingerprint density at radius 2 is 2.25 bits per heavy atom. The number of nitrogen functional groups attached to an aromatic ring is 1. The molecule has 2 atom stereocenters. The molecule has 5 heteroatoms. The number of hydrogen-bond acceptors (Lipinski definition) is 4. The van der Waals surface area contributed by atoms with Crippen molar-refractivity contribution >= 4 is 17.6 Å². The van der Waals surface area contributed by atoms with Gasteiger partial charge in [0.05, 0.1) is 18.2 Å². The molecule has 1 saturated carbocycles. The van der Waals surface area contributed by atoms with Crippen molar-refractivity contribution in [3.05, 3.63) is 30.9 Å². The highest BCUT2D eigenvalue weighted by molar-refractivity contribution is 7.99. The second kappa shape index (κ2) is 5.87. The summed E-state index contributed by atoms with van der Waals surface area (Å²) in [4.78, 5) is 8.54. The van der Waals surface area contributed by atoms with Crippen LogP contribution in [0.25, 0.3) is 11.3 Å². The van der Waals surface area contributed by atoms with Crippen molar-refractivity contribution in [2.24, 2.45) is 0 Å². The van der Waals surface area contributed by atoms with E-state index in [0.717, 1.165) is 11.3 Å². The average molecular weight is 288 g/mol. The van der Waals surface area contributed by atoms with Gasteiger partial charge >= 0.3 is 0 Å². The topological polar surface area (TPSA) is 56.7 Å². The Morgan fingerprint density at radius 3 is 3.00 bits per heavy atom. The van der Waals surface area contributed by atoms with Crippen molar-refractivity contribution in [3.63, 3.8) is 0 Å². The molecule has 0 aliphatic heterocycles. The Morgan fingerprint density at radius 1 is 1.35 bits per heavy atom. The monoisotopic (exact) mass is 288 g/mol. The van der Waals surface area contributed by atoms with Gasteiger partial charge in [-0.1, -0.05) is 13.3 Å². The van der Waals surface area contributed by atoms with Gasteiger partial charge in [-0.2, -0.15) is 11.8 Å². The zero-order valence-corrected chi connectivity index (χ0v) is 12.5. The van der Waals surface area contributed by atoms with Crippen molar-refractivity contribution in [2.45, 2.75) is 37.5 Å². The minimum absolute atomic E-state index is 0.551. The molecule has 2 heterocycles. The standard InChI is InChI=1S/C15H20N4S/c1-2-20-14-5-3-4-12(14)19-10-17-9-13(19)11-6-7-15(16)18-8-11/h6-10,12,14H,2-5H2,1H3,(H2,16,18). The maximum absolute atomic E-state index is 5.66. The zero-order valence-electron chi connectivity index (χ0n) is 11.7. The molecule has 2 N–H and O–H groups in total. The molecular weight excluding hydrogens is 268 g/mol. The fraction of sp³-hybridized carbons (Fsp3) is 0.467. The molecule has 2 aromatic heterocycles. The molecule has 0 bridgehead atoms. The lowest BCUT2D eigenvalue weighted by atomic mass is 10.2. The summed E-state index contributed by atoms with van der Waals surface area (Å²) >= 11 is 2.07. The van der Waals surface area contributed by atoms with Crippen LogP contribution in [0.2, 0.25) is 0 Å². The van der Waals surface area contributed by atoms with Crippen molar-refractivity contribution in [3.8, 4) is 11.3 Å². The maximum Gasteiger partial charge on any atom is 0.123 e. The van der Waals surface area contributed by atoms with E-state index in [0.29, 0.717) is 17.1 Å². The zero-order chi connectivity index (χ0) is 13.9. The van der Waals surface area contributed by atoms with Crippen LogP contribution in [0.4, 0.5) is 5.82 Å². The summed E-state index contributed by atoms with van der Waals surface area (Å²) in [5, 5.41) is 0.703. The minimum atomic E-state index is 0.551. The van der Waals surface area contributed by atoms with Crippen molar-refractivity contribution in [2.75, 3.05) is 11.5 Å². The number of imidazole rings is 1. The van der Waals surface area contributed by atoms with Gasteiger partial charge in [0.1, 0.15) is 5.82 Å². The Balaban J connectivity index is 1.91. The van der Waals surface area contributed by atoms with Crippen LogP contribution in [0, 0.1) is 0 Å². The molecule has 20 heavy (non-hydrogen) atoms. The molecule has 1 aliphatic rings. The van der Waals surface area contributed by atoms with E-state index in [1.54, 1.807) is 0 Å². The SMILES string of the molecule is CCSC1CCCC1n1cncc1-c1ccc(N)nc1. The second-order valence-corrected chi connectivity index (χ2v) is 6.67. The molecular formula is C15H20N4S. The minimum Gasteiger partial charge on any atom is -0.384 e.